The topological polar surface area (TPSA) is 32.3 Å². The average Bonchev–Trinajstić information content (AvgIpc) is 2.17. The van der Waals surface area contributed by atoms with E-state index in [2.05, 4.69) is 12.2 Å². The number of carbonyl (C=O) groups is 1. The van der Waals surface area contributed by atoms with Gasteiger partial charge in [0.15, 0.2) is 0 Å². The van der Waals surface area contributed by atoms with Gasteiger partial charge in [0, 0.05) is 19.6 Å². The maximum absolute atomic E-state index is 11.7. The highest BCUT2D eigenvalue weighted by Gasteiger charge is 2.31. The van der Waals surface area contributed by atoms with Gasteiger partial charge in [-0.1, -0.05) is 13.3 Å². The van der Waals surface area contributed by atoms with Crippen LogP contribution in [-0.2, 0) is 4.79 Å². The van der Waals surface area contributed by atoms with E-state index in [1.54, 1.807) is 0 Å². The lowest BCUT2D eigenvalue weighted by molar-refractivity contribution is -0.129. The smallest absolute Gasteiger partial charge is 0.236 e. The molecule has 1 amide bonds. The Kier molecular flexibility index (Phi) is 4.58. The number of nitrogens with one attached hydrogen (secondary N) is 1. The first-order valence-corrected chi connectivity index (χ1v) is 6.10. The predicted octanol–water partition coefficient (Wildman–Crippen LogP) is 1.63. The fraction of sp³-hybridized carbons (Fsp3) is 0.917. The zero-order valence-electron chi connectivity index (χ0n) is 10.3. The SMILES string of the molecule is CCN(CC)C(=O)CNCC1(C)CCC1. The lowest BCUT2D eigenvalue weighted by Gasteiger charge is -2.38. The molecule has 0 saturated heterocycles. The summed E-state index contributed by atoms with van der Waals surface area (Å²) in [5.41, 5.74) is 0.462. The molecule has 0 heterocycles. The van der Waals surface area contributed by atoms with Gasteiger partial charge in [0.1, 0.15) is 0 Å². The third-order valence-corrected chi connectivity index (χ3v) is 3.50. The molecule has 88 valence electrons. The highest BCUT2D eigenvalue weighted by molar-refractivity contribution is 5.78. The van der Waals surface area contributed by atoms with Crippen LogP contribution in [0.15, 0.2) is 0 Å². The van der Waals surface area contributed by atoms with E-state index in [4.69, 9.17) is 0 Å². The second kappa shape index (κ2) is 5.50. The predicted molar refractivity (Wildman–Crippen MR) is 62.8 cm³/mol. The molecule has 1 aliphatic rings. The van der Waals surface area contributed by atoms with Gasteiger partial charge in [-0.05, 0) is 32.1 Å². The van der Waals surface area contributed by atoms with Crippen molar-refractivity contribution in [2.75, 3.05) is 26.2 Å². The van der Waals surface area contributed by atoms with Gasteiger partial charge in [-0.25, -0.2) is 0 Å². The highest BCUT2D eigenvalue weighted by Crippen LogP contribution is 2.39. The molecule has 0 bridgehead atoms. The van der Waals surface area contributed by atoms with Gasteiger partial charge in [-0.2, -0.15) is 0 Å². The Morgan fingerprint density at radius 2 is 1.93 bits per heavy atom. The van der Waals surface area contributed by atoms with Crippen LogP contribution in [0.1, 0.15) is 40.0 Å². The van der Waals surface area contributed by atoms with Crippen LogP contribution in [0.25, 0.3) is 0 Å². The highest BCUT2D eigenvalue weighted by atomic mass is 16.2. The average molecular weight is 212 g/mol. The van der Waals surface area contributed by atoms with Crippen LogP contribution in [0.2, 0.25) is 0 Å². The van der Waals surface area contributed by atoms with Crippen LogP contribution in [0.3, 0.4) is 0 Å². The second-order valence-corrected chi connectivity index (χ2v) is 4.83. The van der Waals surface area contributed by atoms with Gasteiger partial charge in [0.25, 0.3) is 0 Å². The van der Waals surface area contributed by atoms with E-state index < -0.39 is 0 Å². The Morgan fingerprint density at radius 1 is 1.33 bits per heavy atom. The molecule has 0 spiro atoms. The van der Waals surface area contributed by atoms with Crippen molar-refractivity contribution < 1.29 is 4.79 Å². The summed E-state index contributed by atoms with van der Waals surface area (Å²) < 4.78 is 0. The molecule has 0 aromatic rings. The lowest BCUT2D eigenvalue weighted by atomic mass is 9.70. The van der Waals surface area contributed by atoms with Crippen molar-refractivity contribution in [1.82, 2.24) is 10.2 Å². The van der Waals surface area contributed by atoms with Crippen LogP contribution in [0.5, 0.6) is 0 Å². The molecule has 1 saturated carbocycles. The minimum Gasteiger partial charge on any atom is -0.342 e. The van der Waals surface area contributed by atoms with E-state index in [1.807, 2.05) is 18.7 Å². The molecule has 1 rings (SSSR count). The largest absolute Gasteiger partial charge is 0.342 e. The molecule has 0 atom stereocenters. The number of likely N-dealkylation sites (N-methyl/N-ethyl adjacent to an activating group) is 1. The van der Waals surface area contributed by atoms with Gasteiger partial charge in [0.2, 0.25) is 5.91 Å². The quantitative estimate of drug-likeness (QED) is 0.726. The summed E-state index contributed by atoms with van der Waals surface area (Å²) in [7, 11) is 0. The van der Waals surface area contributed by atoms with E-state index >= 15 is 0 Å². The number of carbonyl (C=O) groups excluding carboxylic acids is 1. The molecule has 1 fully saturated rings. The Labute approximate surface area is 93.2 Å². The standard InChI is InChI=1S/C12H24N2O/c1-4-14(5-2)11(15)9-13-10-12(3)7-6-8-12/h13H,4-10H2,1-3H3. The van der Waals surface area contributed by atoms with Crippen molar-refractivity contribution >= 4 is 5.91 Å². The maximum Gasteiger partial charge on any atom is 0.236 e. The molecular weight excluding hydrogens is 188 g/mol. The Morgan fingerprint density at radius 3 is 2.33 bits per heavy atom. The first-order chi connectivity index (χ1) is 7.11. The van der Waals surface area contributed by atoms with Crippen LogP contribution in [0.4, 0.5) is 0 Å². The number of nitrogens with zero attached hydrogens (tertiary/aromatic N) is 1. The van der Waals surface area contributed by atoms with Crippen molar-refractivity contribution in [3.8, 4) is 0 Å². The normalized spacial score (nSPS) is 18.3. The number of hydrogen-bond donors (Lipinski definition) is 1. The molecule has 3 heteroatoms. The zero-order valence-corrected chi connectivity index (χ0v) is 10.3. The monoisotopic (exact) mass is 212 g/mol. The van der Waals surface area contributed by atoms with Crippen LogP contribution in [-0.4, -0.2) is 37.0 Å². The minimum atomic E-state index is 0.225. The van der Waals surface area contributed by atoms with Crippen molar-refractivity contribution in [2.24, 2.45) is 5.41 Å². The minimum absolute atomic E-state index is 0.225. The molecule has 1 N–H and O–H groups in total. The summed E-state index contributed by atoms with van der Waals surface area (Å²) in [4.78, 5) is 13.5. The molecule has 0 aromatic carbocycles. The summed E-state index contributed by atoms with van der Waals surface area (Å²) >= 11 is 0. The van der Waals surface area contributed by atoms with Crippen molar-refractivity contribution in [1.29, 1.82) is 0 Å². The fourth-order valence-corrected chi connectivity index (χ4v) is 2.12. The zero-order chi connectivity index (χ0) is 11.3. The van der Waals surface area contributed by atoms with Crippen LogP contribution >= 0.6 is 0 Å². The maximum atomic E-state index is 11.7. The van der Waals surface area contributed by atoms with E-state index in [-0.39, 0.29) is 5.91 Å². The summed E-state index contributed by atoms with van der Waals surface area (Å²) in [6, 6.07) is 0. The molecule has 15 heavy (non-hydrogen) atoms. The van der Waals surface area contributed by atoms with E-state index in [1.165, 1.54) is 19.3 Å². The van der Waals surface area contributed by atoms with Crippen molar-refractivity contribution in [3.05, 3.63) is 0 Å². The van der Waals surface area contributed by atoms with Gasteiger partial charge >= 0.3 is 0 Å². The number of rotatable bonds is 6. The van der Waals surface area contributed by atoms with Gasteiger partial charge in [0.05, 0.1) is 6.54 Å². The van der Waals surface area contributed by atoms with Crippen molar-refractivity contribution in [3.63, 3.8) is 0 Å². The second-order valence-electron chi connectivity index (χ2n) is 4.83. The van der Waals surface area contributed by atoms with Crippen LogP contribution < -0.4 is 5.32 Å². The summed E-state index contributed by atoms with van der Waals surface area (Å²) in [5, 5.41) is 3.29. The summed E-state index contributed by atoms with van der Waals surface area (Å²) in [5.74, 6) is 0.225. The molecular formula is C12H24N2O. The van der Waals surface area contributed by atoms with Crippen molar-refractivity contribution in [2.45, 2.75) is 40.0 Å². The molecule has 0 aliphatic heterocycles. The van der Waals surface area contributed by atoms with E-state index in [9.17, 15) is 4.79 Å². The van der Waals surface area contributed by atoms with E-state index in [0.29, 0.717) is 12.0 Å². The van der Waals surface area contributed by atoms with Crippen LogP contribution in [0, 0.1) is 5.41 Å². The number of hydrogen-bond acceptors (Lipinski definition) is 2. The Hall–Kier alpha value is -0.570. The van der Waals surface area contributed by atoms with Gasteiger partial charge in [-0.3, -0.25) is 4.79 Å². The van der Waals surface area contributed by atoms with E-state index in [0.717, 1.165) is 19.6 Å². The summed E-state index contributed by atoms with van der Waals surface area (Å²) in [6.07, 6.45) is 3.96. The lowest BCUT2D eigenvalue weighted by Crippen LogP contribution is -2.43. The molecule has 3 nitrogen and oxygen atoms in total. The fourth-order valence-electron chi connectivity index (χ4n) is 2.12. The number of amides is 1. The third-order valence-electron chi connectivity index (χ3n) is 3.50. The molecule has 0 unspecified atom stereocenters. The van der Waals surface area contributed by atoms with Gasteiger partial charge < -0.3 is 10.2 Å². The van der Waals surface area contributed by atoms with Gasteiger partial charge in [-0.15, -0.1) is 0 Å². The molecule has 0 aromatic heterocycles. The Bertz CT molecular complexity index is 208. The Balaban J connectivity index is 2.16. The summed E-state index contributed by atoms with van der Waals surface area (Å²) in [6.45, 7) is 9.45. The third kappa shape index (κ3) is 3.49. The molecule has 1 aliphatic carbocycles. The first-order valence-electron chi connectivity index (χ1n) is 6.10. The first kappa shape index (κ1) is 12.5. The molecule has 0 radical (unpaired) electrons.